The van der Waals surface area contributed by atoms with Crippen LogP contribution in [0.15, 0.2) is 78.0 Å². The maximum atomic E-state index is 14.6. The number of aryl methyl sites for hydroxylation is 1. The zero-order valence-electron chi connectivity index (χ0n) is 15.1. The van der Waals surface area contributed by atoms with Gasteiger partial charge >= 0.3 is 0 Å². The minimum Gasteiger partial charge on any atom is -0.267 e. The average molecular weight is 410 g/mol. The van der Waals surface area contributed by atoms with Crippen LogP contribution in [0.25, 0.3) is 17.1 Å². The fraction of sp³-hybridized carbons (Fsp3) is 0.0909. The van der Waals surface area contributed by atoms with E-state index in [2.05, 4.69) is 35.3 Å². The standard InChI is InChI=1S/C22H17ClFN3S/c1-15-7-6-8-16(13-15)14-28-22-26-25-21(17-9-2-3-10-18(17)23)27(22)20-12-5-4-11-19(20)24/h2-13H,14H2,1H3. The Morgan fingerprint density at radius 3 is 2.54 bits per heavy atom. The van der Waals surface area contributed by atoms with Crippen LogP contribution in [-0.2, 0) is 5.75 Å². The maximum absolute atomic E-state index is 14.6. The van der Waals surface area contributed by atoms with Crippen LogP contribution in [0.2, 0.25) is 5.02 Å². The molecule has 1 aromatic heterocycles. The van der Waals surface area contributed by atoms with Crippen molar-refractivity contribution < 1.29 is 4.39 Å². The van der Waals surface area contributed by atoms with Crippen molar-refractivity contribution in [3.8, 4) is 17.1 Å². The number of hydrogen-bond acceptors (Lipinski definition) is 3. The van der Waals surface area contributed by atoms with Crippen LogP contribution in [-0.4, -0.2) is 14.8 Å². The molecule has 0 aliphatic carbocycles. The van der Waals surface area contributed by atoms with Crippen LogP contribution in [0.4, 0.5) is 4.39 Å². The van der Waals surface area contributed by atoms with Crippen LogP contribution in [0, 0.1) is 12.7 Å². The van der Waals surface area contributed by atoms with E-state index in [0.717, 1.165) is 0 Å². The summed E-state index contributed by atoms with van der Waals surface area (Å²) in [4.78, 5) is 0. The number of nitrogens with zero attached hydrogens (tertiary/aromatic N) is 3. The van der Waals surface area contributed by atoms with Gasteiger partial charge in [-0.05, 0) is 36.8 Å². The molecule has 140 valence electrons. The first-order chi connectivity index (χ1) is 13.6. The Morgan fingerprint density at radius 2 is 1.75 bits per heavy atom. The van der Waals surface area contributed by atoms with Crippen molar-refractivity contribution in [2.75, 3.05) is 0 Å². The van der Waals surface area contributed by atoms with Gasteiger partial charge in [-0.1, -0.05) is 77.5 Å². The highest BCUT2D eigenvalue weighted by atomic mass is 35.5. The Balaban J connectivity index is 1.79. The van der Waals surface area contributed by atoms with E-state index < -0.39 is 0 Å². The van der Waals surface area contributed by atoms with Gasteiger partial charge in [-0.25, -0.2) is 4.39 Å². The number of para-hydroxylation sites is 1. The Labute approximate surface area is 172 Å². The molecule has 0 spiro atoms. The van der Waals surface area contributed by atoms with Crippen LogP contribution in [0.5, 0.6) is 0 Å². The third-order valence-electron chi connectivity index (χ3n) is 4.29. The molecule has 0 aliphatic heterocycles. The fourth-order valence-electron chi connectivity index (χ4n) is 2.98. The molecule has 0 bridgehead atoms. The highest BCUT2D eigenvalue weighted by Crippen LogP contribution is 2.33. The molecule has 0 amide bonds. The molecule has 0 aliphatic rings. The fourth-order valence-corrected chi connectivity index (χ4v) is 4.09. The van der Waals surface area contributed by atoms with Gasteiger partial charge in [0.05, 0.1) is 10.7 Å². The van der Waals surface area contributed by atoms with Gasteiger partial charge in [0.15, 0.2) is 11.0 Å². The molecule has 1 heterocycles. The number of hydrogen-bond donors (Lipinski definition) is 0. The topological polar surface area (TPSA) is 30.7 Å². The molecule has 3 nitrogen and oxygen atoms in total. The second-order valence-electron chi connectivity index (χ2n) is 6.35. The van der Waals surface area contributed by atoms with E-state index in [1.807, 2.05) is 24.3 Å². The second-order valence-corrected chi connectivity index (χ2v) is 7.70. The molecule has 0 saturated heterocycles. The summed E-state index contributed by atoms with van der Waals surface area (Å²) < 4.78 is 16.4. The molecular weight excluding hydrogens is 393 g/mol. The minimum atomic E-state index is -0.340. The maximum Gasteiger partial charge on any atom is 0.196 e. The van der Waals surface area contributed by atoms with Gasteiger partial charge in [-0.3, -0.25) is 4.57 Å². The SMILES string of the molecule is Cc1cccc(CSc2nnc(-c3ccccc3Cl)n2-c2ccccc2F)c1. The van der Waals surface area contributed by atoms with Gasteiger partial charge in [-0.15, -0.1) is 10.2 Å². The van der Waals surface area contributed by atoms with Crippen LogP contribution in [0.3, 0.4) is 0 Å². The largest absolute Gasteiger partial charge is 0.267 e. The first-order valence-electron chi connectivity index (χ1n) is 8.77. The summed E-state index contributed by atoms with van der Waals surface area (Å²) >= 11 is 7.89. The number of thioether (sulfide) groups is 1. The summed E-state index contributed by atoms with van der Waals surface area (Å²) in [5, 5.41) is 9.83. The van der Waals surface area contributed by atoms with Crippen molar-refractivity contribution in [1.29, 1.82) is 0 Å². The minimum absolute atomic E-state index is 0.340. The molecule has 4 aromatic rings. The van der Waals surface area contributed by atoms with Gasteiger partial charge in [0.1, 0.15) is 5.82 Å². The molecule has 0 atom stereocenters. The highest BCUT2D eigenvalue weighted by Gasteiger charge is 2.20. The van der Waals surface area contributed by atoms with E-state index in [0.29, 0.717) is 33.0 Å². The Bertz CT molecular complexity index is 1130. The highest BCUT2D eigenvalue weighted by molar-refractivity contribution is 7.98. The van der Waals surface area contributed by atoms with Crippen LogP contribution in [0.1, 0.15) is 11.1 Å². The van der Waals surface area contributed by atoms with Gasteiger partial charge in [0, 0.05) is 11.3 Å². The van der Waals surface area contributed by atoms with Gasteiger partial charge in [-0.2, -0.15) is 0 Å². The first-order valence-corrected chi connectivity index (χ1v) is 10.1. The lowest BCUT2D eigenvalue weighted by atomic mass is 10.2. The lowest BCUT2D eigenvalue weighted by Gasteiger charge is -2.12. The van der Waals surface area contributed by atoms with Gasteiger partial charge < -0.3 is 0 Å². The van der Waals surface area contributed by atoms with Gasteiger partial charge in [0.25, 0.3) is 0 Å². The zero-order valence-corrected chi connectivity index (χ0v) is 16.7. The lowest BCUT2D eigenvalue weighted by molar-refractivity contribution is 0.613. The summed E-state index contributed by atoms with van der Waals surface area (Å²) in [5.41, 5.74) is 3.48. The molecule has 0 saturated carbocycles. The number of halogens is 2. The molecule has 4 rings (SSSR count). The normalized spacial score (nSPS) is 11.0. The summed E-state index contributed by atoms with van der Waals surface area (Å²) in [6.07, 6.45) is 0. The smallest absolute Gasteiger partial charge is 0.196 e. The Kier molecular flexibility index (Phi) is 5.46. The molecule has 0 radical (unpaired) electrons. The molecule has 0 unspecified atom stereocenters. The zero-order chi connectivity index (χ0) is 19.5. The lowest BCUT2D eigenvalue weighted by Crippen LogP contribution is -2.02. The van der Waals surface area contributed by atoms with E-state index >= 15 is 0 Å². The van der Waals surface area contributed by atoms with E-state index in [1.165, 1.54) is 29.0 Å². The summed E-state index contributed by atoms with van der Waals surface area (Å²) in [7, 11) is 0. The number of aromatic nitrogens is 3. The molecule has 28 heavy (non-hydrogen) atoms. The van der Waals surface area contributed by atoms with Crippen molar-refractivity contribution >= 4 is 23.4 Å². The third-order valence-corrected chi connectivity index (χ3v) is 5.62. The van der Waals surface area contributed by atoms with E-state index in [1.54, 1.807) is 28.8 Å². The third kappa shape index (κ3) is 3.81. The average Bonchev–Trinajstić information content (AvgIpc) is 3.11. The molecule has 3 aromatic carbocycles. The monoisotopic (exact) mass is 409 g/mol. The van der Waals surface area contributed by atoms with Crippen molar-refractivity contribution in [3.05, 3.63) is 94.8 Å². The molecule has 6 heteroatoms. The second kappa shape index (κ2) is 8.17. The predicted molar refractivity (Wildman–Crippen MR) is 113 cm³/mol. The number of rotatable bonds is 5. The van der Waals surface area contributed by atoms with Crippen molar-refractivity contribution in [1.82, 2.24) is 14.8 Å². The molecular formula is C22H17ClFN3S. The van der Waals surface area contributed by atoms with Crippen molar-refractivity contribution in [2.45, 2.75) is 17.8 Å². The summed E-state index contributed by atoms with van der Waals surface area (Å²) in [6, 6.07) is 22.3. The Hall–Kier alpha value is -2.63. The van der Waals surface area contributed by atoms with Crippen LogP contribution >= 0.6 is 23.4 Å². The first kappa shape index (κ1) is 18.7. The van der Waals surface area contributed by atoms with E-state index in [4.69, 9.17) is 11.6 Å². The van der Waals surface area contributed by atoms with Crippen LogP contribution < -0.4 is 0 Å². The summed E-state index contributed by atoms with van der Waals surface area (Å²) in [5.74, 6) is 0.881. The molecule has 0 N–H and O–H groups in total. The quantitative estimate of drug-likeness (QED) is 0.361. The van der Waals surface area contributed by atoms with Crippen molar-refractivity contribution in [3.63, 3.8) is 0 Å². The summed E-state index contributed by atoms with van der Waals surface area (Å²) in [6.45, 7) is 2.06. The van der Waals surface area contributed by atoms with E-state index in [-0.39, 0.29) is 5.82 Å². The number of benzene rings is 3. The van der Waals surface area contributed by atoms with E-state index in [9.17, 15) is 4.39 Å². The predicted octanol–water partition coefficient (Wildman–Crippen LogP) is 6.33. The van der Waals surface area contributed by atoms with Crippen molar-refractivity contribution in [2.24, 2.45) is 0 Å². The molecule has 0 fully saturated rings. The van der Waals surface area contributed by atoms with Gasteiger partial charge in [0.2, 0.25) is 0 Å². The Morgan fingerprint density at radius 1 is 0.964 bits per heavy atom.